The van der Waals surface area contributed by atoms with Crippen LogP contribution < -0.4 is 0 Å². The van der Waals surface area contributed by atoms with E-state index < -0.39 is 10.1 Å². The molecule has 4 nitrogen and oxygen atoms in total. The van der Waals surface area contributed by atoms with E-state index in [1.807, 2.05) is 48.6 Å². The van der Waals surface area contributed by atoms with E-state index in [4.69, 9.17) is 4.55 Å². The number of rotatable bonds is 1. The van der Waals surface area contributed by atoms with Gasteiger partial charge in [0.15, 0.2) is 0 Å². The van der Waals surface area contributed by atoms with Crippen molar-refractivity contribution in [1.82, 2.24) is 4.90 Å². The monoisotopic (exact) mass is 343 g/mol. The molecule has 0 aliphatic carbocycles. The Bertz CT molecular complexity index is 384. The van der Waals surface area contributed by atoms with Crippen LogP contribution in [0, 0.1) is 3.57 Å². The smallest absolute Gasteiger partial charge is 0.294 e. The van der Waals surface area contributed by atoms with Crippen LogP contribution in [0.3, 0.4) is 0 Å². The lowest BCUT2D eigenvalue weighted by molar-refractivity contribution is 0.483. The predicted octanol–water partition coefficient (Wildman–Crippen LogP) is 1.72. The molecule has 0 spiro atoms. The molecular formula is C9H14INO3S. The molecule has 0 saturated heterocycles. The molecule has 1 aromatic carbocycles. The summed E-state index contributed by atoms with van der Waals surface area (Å²) in [6.07, 6.45) is 0. The third kappa shape index (κ3) is 7.71. The van der Waals surface area contributed by atoms with Gasteiger partial charge in [-0.3, -0.25) is 4.55 Å². The van der Waals surface area contributed by atoms with Crippen LogP contribution >= 0.6 is 22.6 Å². The fraction of sp³-hybridized carbons (Fsp3) is 0.333. The minimum atomic E-state index is -4.02. The highest BCUT2D eigenvalue weighted by Gasteiger charge is 2.07. The summed E-state index contributed by atoms with van der Waals surface area (Å²) < 4.78 is 30.5. The zero-order chi connectivity index (χ0) is 12.1. The average molecular weight is 343 g/mol. The maximum absolute atomic E-state index is 10.5. The first kappa shape index (κ1) is 14.8. The highest BCUT2D eigenvalue weighted by atomic mass is 127. The lowest BCUT2D eigenvalue weighted by Crippen LogP contribution is -1.99. The van der Waals surface area contributed by atoms with Gasteiger partial charge >= 0.3 is 0 Å². The molecule has 15 heavy (non-hydrogen) atoms. The lowest BCUT2D eigenvalue weighted by atomic mass is 10.4. The van der Waals surface area contributed by atoms with E-state index in [-0.39, 0.29) is 4.90 Å². The molecule has 6 heteroatoms. The molecule has 1 aromatic rings. The summed E-state index contributed by atoms with van der Waals surface area (Å²) in [5.74, 6) is 0. The zero-order valence-electron chi connectivity index (χ0n) is 8.81. The van der Waals surface area contributed by atoms with Gasteiger partial charge in [0.25, 0.3) is 10.1 Å². The predicted molar refractivity (Wildman–Crippen MR) is 68.6 cm³/mol. The van der Waals surface area contributed by atoms with Gasteiger partial charge in [-0.05, 0) is 68.0 Å². The third-order valence-corrected chi connectivity index (χ3v) is 2.70. The Morgan fingerprint density at radius 2 is 1.47 bits per heavy atom. The summed E-state index contributed by atoms with van der Waals surface area (Å²) >= 11 is 2.05. The van der Waals surface area contributed by atoms with Gasteiger partial charge in [0.1, 0.15) is 0 Å². The Labute approximate surface area is 104 Å². The van der Waals surface area contributed by atoms with Crippen molar-refractivity contribution in [3.05, 3.63) is 27.8 Å². The molecule has 0 bridgehead atoms. The highest BCUT2D eigenvalue weighted by Crippen LogP contribution is 2.10. The minimum Gasteiger partial charge on any atom is -0.312 e. The SMILES string of the molecule is CN(C)C.O=S(=O)(O)c1ccc(I)cc1. The van der Waals surface area contributed by atoms with Crippen LogP contribution in [0.25, 0.3) is 0 Å². The fourth-order valence-corrected chi connectivity index (χ4v) is 1.45. The number of hydrogen-bond donors (Lipinski definition) is 1. The highest BCUT2D eigenvalue weighted by molar-refractivity contribution is 14.1. The van der Waals surface area contributed by atoms with Crippen molar-refractivity contribution in [3.63, 3.8) is 0 Å². The fourth-order valence-electron chi connectivity index (χ4n) is 0.607. The molecule has 0 radical (unpaired) electrons. The summed E-state index contributed by atoms with van der Waals surface area (Å²) in [5, 5.41) is 0. The van der Waals surface area contributed by atoms with E-state index in [1.54, 1.807) is 12.1 Å². The molecule has 0 atom stereocenters. The van der Waals surface area contributed by atoms with Crippen LogP contribution in [0.2, 0.25) is 0 Å². The van der Waals surface area contributed by atoms with E-state index in [9.17, 15) is 8.42 Å². The summed E-state index contributed by atoms with van der Waals surface area (Å²) in [5.41, 5.74) is 0. The molecule has 0 amide bonds. The normalized spacial score (nSPS) is 10.8. The maximum Gasteiger partial charge on any atom is 0.294 e. The first-order valence-corrected chi connectivity index (χ1v) is 6.59. The lowest BCUT2D eigenvalue weighted by Gasteiger charge is -1.94. The number of halogens is 1. The molecule has 1 rings (SSSR count). The van der Waals surface area contributed by atoms with Crippen LogP contribution in [-0.4, -0.2) is 39.0 Å². The first-order chi connectivity index (χ1) is 6.73. The Balaban J connectivity index is 0.000000423. The molecule has 0 heterocycles. The number of benzene rings is 1. The van der Waals surface area contributed by atoms with Crippen LogP contribution in [0.1, 0.15) is 0 Å². The summed E-state index contributed by atoms with van der Waals surface area (Å²) in [7, 11) is 1.98. The number of hydrogen-bond acceptors (Lipinski definition) is 3. The molecule has 0 fully saturated rings. The molecule has 0 aromatic heterocycles. The largest absolute Gasteiger partial charge is 0.312 e. The quantitative estimate of drug-likeness (QED) is 0.623. The van der Waals surface area contributed by atoms with Gasteiger partial charge in [-0.25, -0.2) is 0 Å². The molecule has 0 saturated carbocycles. The topological polar surface area (TPSA) is 57.6 Å². The average Bonchev–Trinajstić information content (AvgIpc) is 2.01. The maximum atomic E-state index is 10.5. The van der Waals surface area contributed by atoms with Gasteiger partial charge < -0.3 is 4.90 Å². The summed E-state index contributed by atoms with van der Waals surface area (Å²) in [4.78, 5) is 1.93. The van der Waals surface area contributed by atoms with Gasteiger partial charge in [-0.2, -0.15) is 8.42 Å². The van der Waals surface area contributed by atoms with Crippen molar-refractivity contribution < 1.29 is 13.0 Å². The van der Waals surface area contributed by atoms with E-state index in [1.165, 1.54) is 12.1 Å². The van der Waals surface area contributed by atoms with E-state index in [0.29, 0.717) is 0 Å². The van der Waals surface area contributed by atoms with Gasteiger partial charge in [-0.1, -0.05) is 0 Å². The van der Waals surface area contributed by atoms with Crippen LogP contribution in [0.15, 0.2) is 29.2 Å². The van der Waals surface area contributed by atoms with Crippen LogP contribution in [0.5, 0.6) is 0 Å². The molecule has 0 aliphatic rings. The Kier molecular flexibility index (Phi) is 6.34. The van der Waals surface area contributed by atoms with E-state index in [2.05, 4.69) is 0 Å². The van der Waals surface area contributed by atoms with E-state index in [0.717, 1.165) is 3.57 Å². The summed E-state index contributed by atoms with van der Waals surface area (Å²) in [6, 6.07) is 5.95. The van der Waals surface area contributed by atoms with Crippen molar-refractivity contribution in [3.8, 4) is 0 Å². The Morgan fingerprint density at radius 3 is 1.73 bits per heavy atom. The second-order valence-corrected chi connectivity index (χ2v) is 5.94. The number of nitrogens with zero attached hydrogens (tertiary/aromatic N) is 1. The van der Waals surface area contributed by atoms with Gasteiger partial charge in [0.05, 0.1) is 4.90 Å². The molecule has 86 valence electrons. The first-order valence-electron chi connectivity index (χ1n) is 4.07. The van der Waals surface area contributed by atoms with Crippen molar-refractivity contribution in [2.45, 2.75) is 4.90 Å². The van der Waals surface area contributed by atoms with Crippen LogP contribution in [-0.2, 0) is 10.1 Å². The molecule has 0 aliphatic heterocycles. The van der Waals surface area contributed by atoms with Crippen molar-refractivity contribution in [2.24, 2.45) is 0 Å². The second kappa shape index (κ2) is 6.41. The zero-order valence-corrected chi connectivity index (χ0v) is 11.8. The van der Waals surface area contributed by atoms with Gasteiger partial charge in [0.2, 0.25) is 0 Å². The second-order valence-electron chi connectivity index (χ2n) is 3.27. The Morgan fingerprint density at radius 1 is 1.13 bits per heavy atom. The van der Waals surface area contributed by atoms with Crippen LogP contribution in [0.4, 0.5) is 0 Å². The third-order valence-electron chi connectivity index (χ3n) is 1.11. The van der Waals surface area contributed by atoms with Crippen molar-refractivity contribution >= 4 is 32.7 Å². The van der Waals surface area contributed by atoms with Gasteiger partial charge in [0, 0.05) is 3.57 Å². The standard InChI is InChI=1S/C6H5IO3S.C3H9N/c7-5-1-3-6(4-2-5)11(8,9)10;1-4(2)3/h1-4H,(H,8,9,10);1-3H3. The van der Waals surface area contributed by atoms with E-state index >= 15 is 0 Å². The minimum absolute atomic E-state index is 0.0714. The van der Waals surface area contributed by atoms with Crippen molar-refractivity contribution in [1.29, 1.82) is 0 Å². The Hall–Kier alpha value is -0.180. The van der Waals surface area contributed by atoms with Crippen molar-refractivity contribution in [2.75, 3.05) is 21.1 Å². The van der Waals surface area contributed by atoms with Gasteiger partial charge in [-0.15, -0.1) is 0 Å². The molecule has 1 N–H and O–H groups in total. The molecule has 0 unspecified atom stereocenters. The summed E-state index contributed by atoms with van der Waals surface area (Å²) in [6.45, 7) is 0. The molecular weight excluding hydrogens is 329 g/mol.